The van der Waals surface area contributed by atoms with Gasteiger partial charge in [-0.25, -0.2) is 4.98 Å². The average molecular weight is 476 g/mol. The van der Waals surface area contributed by atoms with Crippen LogP contribution < -0.4 is 5.32 Å². The van der Waals surface area contributed by atoms with Crippen molar-refractivity contribution >= 4 is 29.1 Å². The topological polar surface area (TPSA) is 108 Å². The second-order valence-corrected chi connectivity index (χ2v) is 8.64. The van der Waals surface area contributed by atoms with Gasteiger partial charge >= 0.3 is 0 Å². The van der Waals surface area contributed by atoms with Crippen molar-refractivity contribution in [2.75, 3.05) is 0 Å². The third-order valence-electron chi connectivity index (χ3n) is 5.66. The van der Waals surface area contributed by atoms with Gasteiger partial charge in [0, 0.05) is 16.3 Å². The van der Waals surface area contributed by atoms with Gasteiger partial charge in [0.2, 0.25) is 0 Å². The molecule has 1 aliphatic rings. The largest absolute Gasteiger partial charge is 0.508 e. The van der Waals surface area contributed by atoms with Crippen molar-refractivity contribution in [1.82, 2.24) is 14.9 Å². The van der Waals surface area contributed by atoms with Gasteiger partial charge in [0.25, 0.3) is 5.91 Å². The highest BCUT2D eigenvalue weighted by molar-refractivity contribution is 6.36. The Morgan fingerprint density at radius 2 is 1.84 bits per heavy atom. The Morgan fingerprint density at radius 3 is 2.50 bits per heavy atom. The van der Waals surface area contributed by atoms with Gasteiger partial charge in [-0.15, -0.1) is 0 Å². The summed E-state index contributed by atoms with van der Waals surface area (Å²) in [5.41, 5.74) is 1.41. The average Bonchev–Trinajstić information content (AvgIpc) is 3.15. The molecule has 1 saturated carbocycles. The van der Waals surface area contributed by atoms with Gasteiger partial charge in [0.1, 0.15) is 11.6 Å². The number of benzene rings is 2. The Kier molecular flexibility index (Phi) is 6.71. The van der Waals surface area contributed by atoms with Crippen molar-refractivity contribution in [2.24, 2.45) is 0 Å². The molecule has 9 heteroatoms. The highest BCUT2D eigenvalue weighted by atomic mass is 35.5. The quantitative estimate of drug-likeness (QED) is 0.444. The van der Waals surface area contributed by atoms with Crippen LogP contribution in [-0.4, -0.2) is 42.9 Å². The van der Waals surface area contributed by atoms with Crippen LogP contribution in [0.25, 0.3) is 17.1 Å². The van der Waals surface area contributed by atoms with Crippen LogP contribution in [0.5, 0.6) is 5.75 Å². The Labute approximate surface area is 195 Å². The number of nitrogens with zero attached hydrogens (tertiary/aromatic N) is 2. The molecule has 0 unspecified atom stereocenters. The van der Waals surface area contributed by atoms with Gasteiger partial charge < -0.3 is 20.6 Å². The molecule has 0 radical (unpaired) electrons. The molecule has 3 aromatic rings. The first kappa shape index (κ1) is 22.6. The van der Waals surface area contributed by atoms with Crippen LogP contribution in [0.1, 0.15) is 41.9 Å². The van der Waals surface area contributed by atoms with Crippen molar-refractivity contribution in [3.8, 4) is 22.8 Å². The number of phenolic OH excluding ortho intramolecular Hbond substituents is 1. The van der Waals surface area contributed by atoms with E-state index >= 15 is 0 Å². The molecule has 7 nitrogen and oxygen atoms in total. The molecular formula is C23H23Cl2N3O4. The van der Waals surface area contributed by atoms with Crippen LogP contribution in [0.3, 0.4) is 0 Å². The number of aromatic hydroxyl groups is 1. The maximum atomic E-state index is 13.2. The molecule has 32 heavy (non-hydrogen) atoms. The van der Waals surface area contributed by atoms with Crippen molar-refractivity contribution < 1.29 is 20.1 Å². The smallest absolute Gasteiger partial charge is 0.272 e. The first-order chi connectivity index (χ1) is 15.4. The number of nitrogens with one attached hydrogen (secondary N) is 1. The predicted octanol–water partition coefficient (Wildman–Crippen LogP) is 4.08. The third-order valence-corrected chi connectivity index (χ3v) is 6.21. The van der Waals surface area contributed by atoms with Crippen molar-refractivity contribution in [3.05, 3.63) is 63.9 Å². The zero-order valence-corrected chi connectivity index (χ0v) is 18.6. The maximum absolute atomic E-state index is 13.2. The predicted molar refractivity (Wildman–Crippen MR) is 122 cm³/mol. The number of hydrogen-bond acceptors (Lipinski definition) is 5. The van der Waals surface area contributed by atoms with Crippen LogP contribution in [0, 0.1) is 0 Å². The Morgan fingerprint density at radius 1 is 1.12 bits per heavy atom. The SMILES string of the molecule is O=C(N[C@@H]1CCCC[C@@H]1O)c1nc(-c2ccc(Cl)cc2Cl)n(-c2ccc(O)cc2)c1CO. The van der Waals surface area contributed by atoms with Crippen molar-refractivity contribution in [2.45, 2.75) is 44.4 Å². The molecule has 1 heterocycles. The lowest BCUT2D eigenvalue weighted by Crippen LogP contribution is -2.45. The summed E-state index contributed by atoms with van der Waals surface area (Å²) in [4.78, 5) is 17.7. The second-order valence-electron chi connectivity index (χ2n) is 7.80. The molecule has 4 rings (SSSR count). The second kappa shape index (κ2) is 9.50. The molecule has 1 fully saturated rings. The summed E-state index contributed by atoms with van der Waals surface area (Å²) >= 11 is 12.5. The van der Waals surface area contributed by atoms with E-state index in [1.807, 2.05) is 0 Å². The summed E-state index contributed by atoms with van der Waals surface area (Å²) < 4.78 is 1.63. The summed E-state index contributed by atoms with van der Waals surface area (Å²) in [7, 11) is 0. The first-order valence-corrected chi connectivity index (χ1v) is 11.1. The number of rotatable bonds is 5. The Balaban J connectivity index is 1.84. The first-order valence-electron chi connectivity index (χ1n) is 10.3. The number of hydrogen-bond donors (Lipinski definition) is 4. The molecule has 1 aliphatic carbocycles. The zero-order valence-electron chi connectivity index (χ0n) is 17.1. The van der Waals surface area contributed by atoms with Crippen LogP contribution in [-0.2, 0) is 6.61 Å². The van der Waals surface area contributed by atoms with Crippen LogP contribution in [0.2, 0.25) is 10.0 Å². The summed E-state index contributed by atoms with van der Waals surface area (Å²) in [5, 5.41) is 33.8. The van der Waals surface area contributed by atoms with Gasteiger partial charge in [0.05, 0.1) is 29.5 Å². The summed E-state index contributed by atoms with van der Waals surface area (Å²) in [6.45, 7) is -0.463. The van der Waals surface area contributed by atoms with Crippen molar-refractivity contribution in [1.29, 1.82) is 0 Å². The normalized spacial score (nSPS) is 18.5. The molecule has 2 aromatic carbocycles. The van der Waals surface area contributed by atoms with E-state index in [1.54, 1.807) is 34.9 Å². The number of imidazole rings is 1. The van der Waals surface area contributed by atoms with Crippen LogP contribution in [0.15, 0.2) is 42.5 Å². The van der Waals surface area contributed by atoms with E-state index in [0.717, 1.165) is 12.8 Å². The lowest BCUT2D eigenvalue weighted by atomic mass is 9.92. The fourth-order valence-corrected chi connectivity index (χ4v) is 4.52. The van der Waals surface area contributed by atoms with E-state index in [0.29, 0.717) is 40.0 Å². The molecule has 0 bridgehead atoms. The zero-order chi connectivity index (χ0) is 22.8. The summed E-state index contributed by atoms with van der Waals surface area (Å²) in [6, 6.07) is 10.9. The minimum Gasteiger partial charge on any atom is -0.508 e. The molecule has 0 spiro atoms. The number of carbonyl (C=O) groups is 1. The van der Waals surface area contributed by atoms with Gasteiger partial charge in [-0.1, -0.05) is 36.0 Å². The standard InChI is InChI=1S/C23H23Cl2N3O4/c24-13-5-10-16(17(25)11-13)22-27-21(23(32)26-18-3-1-2-4-20(18)31)19(12-29)28(22)14-6-8-15(30)9-7-14/h5-11,18,20,29-31H,1-4,12H2,(H,26,32)/t18-,20+/m1/s1. The number of aliphatic hydroxyl groups excluding tert-OH is 2. The van der Waals surface area contributed by atoms with Gasteiger partial charge in [0.15, 0.2) is 5.69 Å². The number of aromatic nitrogens is 2. The van der Waals surface area contributed by atoms with Gasteiger partial charge in [-0.05, 0) is 55.3 Å². The molecule has 168 valence electrons. The van der Waals surface area contributed by atoms with E-state index in [4.69, 9.17) is 23.2 Å². The maximum Gasteiger partial charge on any atom is 0.272 e. The Bertz CT molecular complexity index is 1130. The highest BCUT2D eigenvalue weighted by Gasteiger charge is 2.29. The fraction of sp³-hybridized carbons (Fsp3) is 0.304. The molecule has 1 aromatic heterocycles. The van der Waals surface area contributed by atoms with Crippen molar-refractivity contribution in [3.63, 3.8) is 0 Å². The number of halogens is 2. The van der Waals surface area contributed by atoms with E-state index < -0.39 is 18.6 Å². The van der Waals surface area contributed by atoms with E-state index in [-0.39, 0.29) is 23.2 Å². The molecule has 0 aliphatic heterocycles. The molecular weight excluding hydrogens is 453 g/mol. The molecule has 2 atom stereocenters. The van der Waals surface area contributed by atoms with Gasteiger partial charge in [-0.3, -0.25) is 9.36 Å². The number of phenols is 1. The van der Waals surface area contributed by atoms with Gasteiger partial charge in [-0.2, -0.15) is 0 Å². The van der Waals surface area contributed by atoms with Crippen LogP contribution >= 0.6 is 23.2 Å². The highest BCUT2D eigenvalue weighted by Crippen LogP contribution is 2.34. The lowest BCUT2D eigenvalue weighted by Gasteiger charge is -2.28. The summed E-state index contributed by atoms with van der Waals surface area (Å²) in [5.74, 6) is -0.0608. The van der Waals surface area contributed by atoms with E-state index in [2.05, 4.69) is 10.3 Å². The van der Waals surface area contributed by atoms with E-state index in [1.165, 1.54) is 12.1 Å². The molecule has 4 N–H and O–H groups in total. The lowest BCUT2D eigenvalue weighted by molar-refractivity contribution is 0.0712. The summed E-state index contributed by atoms with van der Waals surface area (Å²) in [6.07, 6.45) is 2.53. The minimum atomic E-state index is -0.616. The number of carbonyl (C=O) groups excluding carboxylic acids is 1. The monoisotopic (exact) mass is 475 g/mol. The third kappa shape index (κ3) is 4.47. The molecule has 1 amide bonds. The molecule has 0 saturated heterocycles. The number of amides is 1. The number of aliphatic hydroxyl groups is 2. The minimum absolute atomic E-state index is 0.0411. The van der Waals surface area contributed by atoms with Crippen LogP contribution in [0.4, 0.5) is 0 Å². The Hall–Kier alpha value is -2.58. The fourth-order valence-electron chi connectivity index (χ4n) is 4.03. The van der Waals surface area contributed by atoms with E-state index in [9.17, 15) is 20.1 Å².